The number of ketones is 1. The van der Waals surface area contributed by atoms with Gasteiger partial charge in [-0.15, -0.1) is 11.3 Å². The highest BCUT2D eigenvalue weighted by Gasteiger charge is 2.30. The number of hydrogen-bond donors (Lipinski definition) is 1. The van der Waals surface area contributed by atoms with Crippen molar-refractivity contribution in [3.05, 3.63) is 57.8 Å². The lowest BCUT2D eigenvalue weighted by atomic mass is 10.0. The Morgan fingerprint density at radius 1 is 1.12 bits per heavy atom. The quantitative estimate of drug-likeness (QED) is 0.612. The number of rotatable bonds is 6. The molecule has 26 heavy (non-hydrogen) atoms. The normalized spacial score (nSPS) is 12.3. The van der Waals surface area contributed by atoms with Crippen LogP contribution in [0, 0.1) is 0 Å². The summed E-state index contributed by atoms with van der Waals surface area (Å²) in [6, 6.07) is 9.15. The summed E-state index contributed by atoms with van der Waals surface area (Å²) in [5, 5.41) is 3.34. The molecule has 5 nitrogen and oxygen atoms in total. The number of amides is 1. The molecule has 0 aliphatic rings. The predicted octanol–water partition coefficient (Wildman–Crippen LogP) is 3.20. The summed E-state index contributed by atoms with van der Waals surface area (Å²) in [6.45, 7) is -0.380. The van der Waals surface area contributed by atoms with Gasteiger partial charge in [-0.1, -0.05) is 24.3 Å². The Kier molecular flexibility index (Phi) is 6.14. The number of carbonyl (C=O) groups is 3. The van der Waals surface area contributed by atoms with Crippen LogP contribution in [0.5, 0.6) is 0 Å². The number of nitrogens with one attached hydrogen (secondary N) is 1. The molecule has 2 aromatic rings. The molecule has 1 amide bonds. The summed E-state index contributed by atoms with van der Waals surface area (Å²) in [5.74, 6) is -2.44. The summed E-state index contributed by atoms with van der Waals surface area (Å²) >= 11 is 1.20. The lowest BCUT2D eigenvalue weighted by Crippen LogP contribution is -2.40. The van der Waals surface area contributed by atoms with Crippen LogP contribution in [0.25, 0.3) is 0 Å². The minimum absolute atomic E-state index is 0.0682. The first-order valence-electron chi connectivity index (χ1n) is 7.41. The number of alkyl halides is 3. The SMILES string of the molecule is CC(OC(=O)c1ccccc1C(=O)c1cccs1)C(=O)NCC(F)(F)F. The van der Waals surface area contributed by atoms with Gasteiger partial charge in [0.1, 0.15) is 6.54 Å². The molecule has 1 unspecified atom stereocenters. The highest BCUT2D eigenvalue weighted by molar-refractivity contribution is 7.12. The largest absolute Gasteiger partial charge is 0.449 e. The Balaban J connectivity index is 2.10. The summed E-state index contributed by atoms with van der Waals surface area (Å²) in [7, 11) is 0. The molecule has 0 bridgehead atoms. The predicted molar refractivity (Wildman–Crippen MR) is 88.1 cm³/mol. The van der Waals surface area contributed by atoms with Crippen LogP contribution < -0.4 is 5.32 Å². The van der Waals surface area contributed by atoms with E-state index >= 15 is 0 Å². The number of esters is 1. The van der Waals surface area contributed by atoms with Gasteiger partial charge in [0.2, 0.25) is 5.78 Å². The van der Waals surface area contributed by atoms with Gasteiger partial charge < -0.3 is 10.1 Å². The highest BCUT2D eigenvalue weighted by Crippen LogP contribution is 2.19. The molecule has 0 saturated heterocycles. The molecule has 1 N–H and O–H groups in total. The zero-order chi connectivity index (χ0) is 19.3. The number of halogens is 3. The second kappa shape index (κ2) is 8.13. The maximum Gasteiger partial charge on any atom is 0.405 e. The molecule has 9 heteroatoms. The van der Waals surface area contributed by atoms with Crippen LogP contribution in [-0.2, 0) is 9.53 Å². The molecule has 0 aliphatic carbocycles. The van der Waals surface area contributed by atoms with Crippen molar-refractivity contribution in [2.24, 2.45) is 0 Å². The van der Waals surface area contributed by atoms with E-state index < -0.39 is 30.7 Å². The maximum absolute atomic E-state index is 12.5. The van der Waals surface area contributed by atoms with Gasteiger partial charge >= 0.3 is 12.1 Å². The first-order valence-corrected chi connectivity index (χ1v) is 8.29. The van der Waals surface area contributed by atoms with E-state index in [9.17, 15) is 27.6 Å². The molecule has 0 saturated carbocycles. The zero-order valence-electron chi connectivity index (χ0n) is 13.5. The minimum atomic E-state index is -4.57. The van der Waals surface area contributed by atoms with Crippen molar-refractivity contribution in [3.8, 4) is 0 Å². The standard InChI is InChI=1S/C17H14F3NO4S/c1-10(15(23)21-9-17(18,19)20)25-16(24)12-6-3-2-5-11(12)14(22)13-7-4-8-26-13/h2-8,10H,9H2,1H3,(H,21,23). The van der Waals surface area contributed by atoms with E-state index in [0.29, 0.717) is 4.88 Å². The maximum atomic E-state index is 12.5. The number of thiophene rings is 1. The average molecular weight is 385 g/mol. The van der Waals surface area contributed by atoms with Crippen molar-refractivity contribution in [1.82, 2.24) is 5.32 Å². The van der Waals surface area contributed by atoms with Gasteiger partial charge in [0.15, 0.2) is 6.10 Å². The Morgan fingerprint density at radius 2 is 1.77 bits per heavy atom. The van der Waals surface area contributed by atoms with Gasteiger partial charge in [-0.25, -0.2) is 4.79 Å². The van der Waals surface area contributed by atoms with Crippen LogP contribution in [0.15, 0.2) is 41.8 Å². The molecular formula is C17H14F3NO4S. The topological polar surface area (TPSA) is 72.5 Å². The van der Waals surface area contributed by atoms with Crippen molar-refractivity contribution in [3.63, 3.8) is 0 Å². The first-order chi connectivity index (χ1) is 12.2. The molecule has 2 rings (SSSR count). The molecular weight excluding hydrogens is 371 g/mol. The molecule has 1 aromatic heterocycles. The van der Waals surface area contributed by atoms with Crippen molar-refractivity contribution in [2.75, 3.05) is 6.54 Å². The third-order valence-electron chi connectivity index (χ3n) is 3.25. The Hall–Kier alpha value is -2.68. The van der Waals surface area contributed by atoms with Crippen LogP contribution in [0.2, 0.25) is 0 Å². The number of hydrogen-bond acceptors (Lipinski definition) is 5. The van der Waals surface area contributed by atoms with Gasteiger partial charge in [-0.2, -0.15) is 13.2 Å². The van der Waals surface area contributed by atoms with Crippen LogP contribution in [0.3, 0.4) is 0 Å². The minimum Gasteiger partial charge on any atom is -0.449 e. The Bertz CT molecular complexity index is 803. The number of ether oxygens (including phenoxy) is 1. The Labute approximate surface area is 150 Å². The summed E-state index contributed by atoms with van der Waals surface area (Å²) in [5.41, 5.74) is 0.0178. The lowest BCUT2D eigenvalue weighted by Gasteiger charge is -2.15. The van der Waals surface area contributed by atoms with Crippen molar-refractivity contribution in [1.29, 1.82) is 0 Å². The van der Waals surface area contributed by atoms with Crippen molar-refractivity contribution < 1.29 is 32.3 Å². The summed E-state index contributed by atoms with van der Waals surface area (Å²) in [6.07, 6.45) is -6.02. The van der Waals surface area contributed by atoms with Gasteiger partial charge in [0, 0.05) is 5.56 Å². The number of carbonyl (C=O) groups excluding carboxylic acids is 3. The monoisotopic (exact) mass is 385 g/mol. The van der Waals surface area contributed by atoms with Crippen LogP contribution in [0.1, 0.15) is 32.5 Å². The van der Waals surface area contributed by atoms with Crippen molar-refractivity contribution >= 4 is 29.0 Å². The third kappa shape index (κ3) is 5.16. The molecule has 0 aliphatic heterocycles. The lowest BCUT2D eigenvalue weighted by molar-refractivity contribution is -0.143. The van der Waals surface area contributed by atoms with E-state index in [1.807, 2.05) is 0 Å². The second-order valence-electron chi connectivity index (χ2n) is 5.23. The first kappa shape index (κ1) is 19.6. The zero-order valence-corrected chi connectivity index (χ0v) is 14.3. The molecule has 1 atom stereocenters. The third-order valence-corrected chi connectivity index (χ3v) is 4.12. The second-order valence-corrected chi connectivity index (χ2v) is 6.18. The van der Waals surface area contributed by atoms with Crippen LogP contribution in [-0.4, -0.2) is 36.5 Å². The smallest absolute Gasteiger partial charge is 0.405 e. The molecule has 0 radical (unpaired) electrons. The molecule has 1 aromatic carbocycles. The van der Waals surface area contributed by atoms with Crippen molar-refractivity contribution in [2.45, 2.75) is 19.2 Å². The summed E-state index contributed by atoms with van der Waals surface area (Å²) in [4.78, 5) is 36.8. The van der Waals surface area contributed by atoms with E-state index in [4.69, 9.17) is 4.74 Å². The van der Waals surface area contributed by atoms with E-state index in [2.05, 4.69) is 0 Å². The Morgan fingerprint density at radius 3 is 2.35 bits per heavy atom. The molecule has 0 spiro atoms. The highest BCUT2D eigenvalue weighted by atomic mass is 32.1. The molecule has 0 fully saturated rings. The van der Waals surface area contributed by atoms with E-state index in [-0.39, 0.29) is 16.9 Å². The van der Waals surface area contributed by atoms with E-state index in [1.165, 1.54) is 29.5 Å². The molecule has 138 valence electrons. The van der Waals surface area contributed by atoms with Crippen LogP contribution >= 0.6 is 11.3 Å². The van der Waals surface area contributed by atoms with Gasteiger partial charge in [-0.05, 0) is 24.4 Å². The fourth-order valence-corrected chi connectivity index (χ4v) is 2.69. The number of benzene rings is 1. The van der Waals surface area contributed by atoms with Gasteiger partial charge in [-0.3, -0.25) is 9.59 Å². The fraction of sp³-hybridized carbons (Fsp3) is 0.235. The average Bonchev–Trinajstić information content (AvgIpc) is 3.12. The van der Waals surface area contributed by atoms with E-state index in [1.54, 1.807) is 28.9 Å². The van der Waals surface area contributed by atoms with Gasteiger partial charge in [0.05, 0.1) is 10.4 Å². The molecule has 1 heterocycles. The fourth-order valence-electron chi connectivity index (χ4n) is 2.01. The van der Waals surface area contributed by atoms with Crippen LogP contribution in [0.4, 0.5) is 13.2 Å². The van der Waals surface area contributed by atoms with Gasteiger partial charge in [0.25, 0.3) is 5.91 Å². The van der Waals surface area contributed by atoms with E-state index in [0.717, 1.165) is 6.92 Å². The summed E-state index contributed by atoms with van der Waals surface area (Å²) < 4.78 is 41.3.